The third kappa shape index (κ3) is 8.45. The highest BCUT2D eigenvalue weighted by Gasteiger charge is 2.45. The Bertz CT molecular complexity index is 232. The van der Waals surface area contributed by atoms with E-state index in [-0.39, 0.29) is 0 Å². The van der Waals surface area contributed by atoms with Gasteiger partial charge in [0.05, 0.1) is 13.2 Å². The SMILES string of the molecule is CCCOC(CCC)(OCC)OC(CCC)(OCC)OCCC. The van der Waals surface area contributed by atoms with Crippen molar-refractivity contribution in [2.75, 3.05) is 26.4 Å². The van der Waals surface area contributed by atoms with Gasteiger partial charge < -0.3 is 18.9 Å². The molecule has 140 valence electrons. The Hall–Kier alpha value is -0.200. The van der Waals surface area contributed by atoms with Gasteiger partial charge in [-0.25, -0.2) is 0 Å². The van der Waals surface area contributed by atoms with Gasteiger partial charge in [0, 0.05) is 26.1 Å². The molecule has 2 unspecified atom stereocenters. The lowest BCUT2D eigenvalue weighted by Crippen LogP contribution is -2.51. The molecule has 0 radical (unpaired) electrons. The molecule has 0 rings (SSSR count). The van der Waals surface area contributed by atoms with Gasteiger partial charge in [-0.3, -0.25) is 4.74 Å². The summed E-state index contributed by atoms with van der Waals surface area (Å²) >= 11 is 0. The predicted octanol–water partition coefficient (Wildman–Crippen LogP) is 4.84. The molecule has 0 aliphatic heterocycles. The molecule has 0 amide bonds. The Morgan fingerprint density at radius 3 is 1.17 bits per heavy atom. The minimum absolute atomic E-state index is 0.506. The summed E-state index contributed by atoms with van der Waals surface area (Å²) in [6.07, 6.45) is 4.82. The van der Waals surface area contributed by atoms with Crippen molar-refractivity contribution < 1.29 is 23.7 Å². The lowest BCUT2D eigenvalue weighted by atomic mass is 10.2. The normalized spacial score (nSPS) is 17.0. The molecule has 5 nitrogen and oxygen atoms in total. The predicted molar refractivity (Wildman–Crippen MR) is 92.1 cm³/mol. The summed E-state index contributed by atoms with van der Waals surface area (Å²) in [6.45, 7) is 14.3. The fourth-order valence-electron chi connectivity index (χ4n) is 2.40. The van der Waals surface area contributed by atoms with Crippen LogP contribution in [0.4, 0.5) is 0 Å². The summed E-state index contributed by atoms with van der Waals surface area (Å²) in [7, 11) is 0. The van der Waals surface area contributed by atoms with Crippen LogP contribution in [0, 0.1) is 0 Å². The van der Waals surface area contributed by atoms with Gasteiger partial charge in [-0.05, 0) is 39.5 Å². The lowest BCUT2D eigenvalue weighted by molar-refractivity contribution is -0.505. The van der Waals surface area contributed by atoms with Crippen molar-refractivity contribution in [1.82, 2.24) is 0 Å². The standard InChI is InChI=1S/C18H38O5/c1-7-13-17(19-11-5,21-15-9-3)23-18(14-8-2,20-12-6)22-16-10-4/h7-16H2,1-6H3. The highest BCUT2D eigenvalue weighted by molar-refractivity contribution is 4.66. The number of rotatable bonds is 16. The van der Waals surface area contributed by atoms with Crippen molar-refractivity contribution >= 4 is 0 Å². The molecule has 0 bridgehead atoms. The number of ether oxygens (including phenoxy) is 5. The quantitative estimate of drug-likeness (QED) is 0.378. The van der Waals surface area contributed by atoms with Gasteiger partial charge >= 0.3 is 0 Å². The van der Waals surface area contributed by atoms with Crippen molar-refractivity contribution in [3.63, 3.8) is 0 Å². The largest absolute Gasteiger partial charge is 0.328 e. The minimum atomic E-state index is -1.11. The smallest absolute Gasteiger partial charge is 0.287 e. The summed E-state index contributed by atoms with van der Waals surface area (Å²) in [4.78, 5) is 0. The van der Waals surface area contributed by atoms with Crippen molar-refractivity contribution in [1.29, 1.82) is 0 Å². The van der Waals surface area contributed by atoms with Crippen molar-refractivity contribution in [3.05, 3.63) is 0 Å². The zero-order chi connectivity index (χ0) is 17.6. The molecule has 0 aliphatic carbocycles. The van der Waals surface area contributed by atoms with Gasteiger partial charge in [0.2, 0.25) is 0 Å². The molecular formula is C18H38O5. The fraction of sp³-hybridized carbons (Fsp3) is 1.00. The second-order valence-electron chi connectivity index (χ2n) is 5.53. The fourth-order valence-corrected chi connectivity index (χ4v) is 2.40. The van der Waals surface area contributed by atoms with Crippen molar-refractivity contribution in [2.45, 2.75) is 92.0 Å². The summed E-state index contributed by atoms with van der Waals surface area (Å²) in [5.74, 6) is -2.23. The molecular weight excluding hydrogens is 296 g/mol. The van der Waals surface area contributed by atoms with Crippen LogP contribution in [0.3, 0.4) is 0 Å². The van der Waals surface area contributed by atoms with Crippen LogP contribution < -0.4 is 0 Å². The van der Waals surface area contributed by atoms with E-state index in [9.17, 15) is 0 Å². The first-order chi connectivity index (χ1) is 11.1. The topological polar surface area (TPSA) is 46.2 Å². The van der Waals surface area contributed by atoms with E-state index in [1.54, 1.807) is 0 Å². The number of hydrogen-bond acceptors (Lipinski definition) is 5. The molecule has 0 fully saturated rings. The second-order valence-corrected chi connectivity index (χ2v) is 5.53. The summed E-state index contributed by atoms with van der Waals surface area (Å²) in [6, 6.07) is 0. The molecule has 0 spiro atoms. The molecule has 0 saturated heterocycles. The van der Waals surface area contributed by atoms with Crippen molar-refractivity contribution in [3.8, 4) is 0 Å². The third-order valence-electron chi connectivity index (χ3n) is 3.20. The first-order valence-electron chi connectivity index (χ1n) is 9.33. The Morgan fingerprint density at radius 1 is 0.522 bits per heavy atom. The Balaban J connectivity index is 5.39. The van der Waals surface area contributed by atoms with Crippen LogP contribution in [0.2, 0.25) is 0 Å². The zero-order valence-corrected chi connectivity index (χ0v) is 16.1. The minimum Gasteiger partial charge on any atom is -0.328 e. The summed E-state index contributed by atoms with van der Waals surface area (Å²) in [5, 5.41) is 0. The number of hydrogen-bond donors (Lipinski definition) is 0. The van der Waals surface area contributed by atoms with E-state index in [1.807, 2.05) is 13.8 Å². The first kappa shape index (κ1) is 22.8. The van der Waals surface area contributed by atoms with Gasteiger partial charge in [-0.2, -0.15) is 0 Å². The molecule has 0 aromatic heterocycles. The molecule has 5 heteroatoms. The molecule has 0 aromatic rings. The van der Waals surface area contributed by atoms with Gasteiger partial charge in [0.1, 0.15) is 0 Å². The van der Waals surface area contributed by atoms with Crippen LogP contribution in [-0.4, -0.2) is 38.4 Å². The molecule has 0 aromatic carbocycles. The highest BCUT2D eigenvalue weighted by atomic mass is 17.0. The third-order valence-corrected chi connectivity index (χ3v) is 3.20. The molecule has 0 N–H and O–H groups in total. The zero-order valence-electron chi connectivity index (χ0n) is 16.1. The molecule has 2 atom stereocenters. The van der Waals surface area contributed by atoms with E-state index >= 15 is 0 Å². The monoisotopic (exact) mass is 334 g/mol. The molecule has 23 heavy (non-hydrogen) atoms. The summed E-state index contributed by atoms with van der Waals surface area (Å²) in [5.41, 5.74) is 0. The van der Waals surface area contributed by atoms with Crippen LogP contribution in [0.1, 0.15) is 80.1 Å². The summed E-state index contributed by atoms with van der Waals surface area (Å²) < 4.78 is 30.1. The van der Waals surface area contributed by atoms with Gasteiger partial charge in [0.15, 0.2) is 0 Å². The maximum Gasteiger partial charge on any atom is 0.287 e. The Kier molecular flexibility index (Phi) is 13.0. The van der Waals surface area contributed by atoms with E-state index < -0.39 is 11.9 Å². The maximum absolute atomic E-state index is 6.30. The molecule has 0 saturated carbocycles. The van der Waals surface area contributed by atoms with Gasteiger partial charge in [0.25, 0.3) is 11.9 Å². The Morgan fingerprint density at radius 2 is 0.913 bits per heavy atom. The second kappa shape index (κ2) is 13.1. The highest BCUT2D eigenvalue weighted by Crippen LogP contribution is 2.33. The Labute approximate surface area is 143 Å². The average molecular weight is 334 g/mol. The van der Waals surface area contributed by atoms with Crippen LogP contribution in [-0.2, 0) is 23.7 Å². The molecule has 0 aliphatic rings. The average Bonchev–Trinajstić information content (AvgIpc) is 2.52. The first-order valence-corrected chi connectivity index (χ1v) is 9.33. The van der Waals surface area contributed by atoms with E-state index in [4.69, 9.17) is 23.7 Å². The lowest BCUT2D eigenvalue weighted by Gasteiger charge is -2.42. The molecule has 0 heterocycles. The van der Waals surface area contributed by atoms with Gasteiger partial charge in [-0.15, -0.1) is 0 Å². The van der Waals surface area contributed by atoms with Crippen molar-refractivity contribution in [2.24, 2.45) is 0 Å². The van der Waals surface area contributed by atoms with Crippen LogP contribution in [0.5, 0.6) is 0 Å². The van der Waals surface area contributed by atoms with Crippen LogP contribution in [0.25, 0.3) is 0 Å². The van der Waals surface area contributed by atoms with E-state index in [0.717, 1.165) is 25.7 Å². The van der Waals surface area contributed by atoms with E-state index in [0.29, 0.717) is 39.3 Å². The van der Waals surface area contributed by atoms with Crippen LogP contribution in [0.15, 0.2) is 0 Å². The van der Waals surface area contributed by atoms with E-state index in [2.05, 4.69) is 27.7 Å². The van der Waals surface area contributed by atoms with E-state index in [1.165, 1.54) is 0 Å². The van der Waals surface area contributed by atoms with Crippen LogP contribution >= 0.6 is 0 Å². The van der Waals surface area contributed by atoms with Gasteiger partial charge in [-0.1, -0.05) is 27.7 Å². The maximum atomic E-state index is 6.30.